The van der Waals surface area contributed by atoms with E-state index >= 15 is 0 Å². The largest absolute Gasteiger partial charge is 0.361 e. The lowest BCUT2D eigenvalue weighted by atomic mass is 9.99. The minimum atomic E-state index is 0.708. The summed E-state index contributed by atoms with van der Waals surface area (Å²) in [7, 11) is 0. The smallest absolute Gasteiger partial charge is 0.134 e. The number of benzene rings is 1. The van der Waals surface area contributed by atoms with E-state index < -0.39 is 0 Å². The molecule has 106 valence electrons. The van der Waals surface area contributed by atoms with Crippen LogP contribution in [0.1, 0.15) is 16.9 Å². The molecule has 4 heteroatoms. The number of alkyl halides is 1. The maximum absolute atomic E-state index is 5.85. The van der Waals surface area contributed by atoms with Crippen LogP contribution in [0.15, 0.2) is 28.8 Å². The van der Waals surface area contributed by atoms with Crippen molar-refractivity contribution < 1.29 is 4.52 Å². The van der Waals surface area contributed by atoms with Crippen molar-refractivity contribution in [3.8, 4) is 11.3 Å². The van der Waals surface area contributed by atoms with Crippen LogP contribution in [0.2, 0.25) is 0 Å². The topological polar surface area (TPSA) is 29.3 Å². The zero-order valence-corrected chi connectivity index (χ0v) is 12.5. The summed E-state index contributed by atoms with van der Waals surface area (Å²) in [6.07, 6.45) is 2.18. The summed E-state index contributed by atoms with van der Waals surface area (Å²) in [5.74, 6) is 1.56. The van der Waals surface area contributed by atoms with Crippen molar-refractivity contribution in [1.82, 2.24) is 10.1 Å². The quantitative estimate of drug-likeness (QED) is 0.812. The average Bonchev–Trinajstić information content (AvgIpc) is 2.78. The SMILES string of the molecule is Cc1cc(-c2ccc3c(c2)CCN(CCCl)CC3)no1. The number of nitrogens with zero attached hydrogens (tertiary/aromatic N) is 2. The fourth-order valence-corrected chi connectivity index (χ4v) is 3.02. The third-order valence-electron chi connectivity index (χ3n) is 3.93. The van der Waals surface area contributed by atoms with Crippen LogP contribution >= 0.6 is 11.6 Å². The molecule has 0 atom stereocenters. The predicted molar refractivity (Wildman–Crippen MR) is 81.2 cm³/mol. The first kappa shape index (κ1) is 13.7. The number of rotatable bonds is 3. The molecule has 1 aromatic heterocycles. The lowest BCUT2D eigenvalue weighted by Crippen LogP contribution is -2.28. The van der Waals surface area contributed by atoms with Crippen LogP contribution in [0.25, 0.3) is 11.3 Å². The highest BCUT2D eigenvalue weighted by atomic mass is 35.5. The zero-order valence-electron chi connectivity index (χ0n) is 11.7. The van der Waals surface area contributed by atoms with Crippen LogP contribution in [-0.2, 0) is 12.8 Å². The van der Waals surface area contributed by atoms with E-state index in [1.807, 2.05) is 13.0 Å². The Labute approximate surface area is 124 Å². The van der Waals surface area contributed by atoms with Crippen molar-refractivity contribution in [2.45, 2.75) is 19.8 Å². The zero-order chi connectivity index (χ0) is 13.9. The molecule has 0 saturated heterocycles. The van der Waals surface area contributed by atoms with Crippen LogP contribution in [0.3, 0.4) is 0 Å². The molecular formula is C16H19ClN2O. The van der Waals surface area contributed by atoms with Gasteiger partial charge in [0.25, 0.3) is 0 Å². The summed E-state index contributed by atoms with van der Waals surface area (Å²) in [5.41, 5.74) is 4.95. The Morgan fingerprint density at radius 1 is 1.20 bits per heavy atom. The molecule has 0 bridgehead atoms. The molecule has 0 aliphatic carbocycles. The van der Waals surface area contributed by atoms with Gasteiger partial charge in [0.05, 0.1) is 0 Å². The first-order valence-electron chi connectivity index (χ1n) is 7.10. The maximum atomic E-state index is 5.85. The van der Waals surface area contributed by atoms with Crippen molar-refractivity contribution in [2.24, 2.45) is 0 Å². The van der Waals surface area contributed by atoms with Crippen LogP contribution in [-0.4, -0.2) is 35.6 Å². The minimum absolute atomic E-state index is 0.708. The molecule has 0 fully saturated rings. The molecule has 2 heterocycles. The summed E-state index contributed by atoms with van der Waals surface area (Å²) in [6.45, 7) is 5.08. The molecule has 0 N–H and O–H groups in total. The second-order valence-corrected chi connectivity index (χ2v) is 5.71. The van der Waals surface area contributed by atoms with Crippen LogP contribution in [0, 0.1) is 6.92 Å². The van der Waals surface area contributed by atoms with Gasteiger partial charge in [-0.3, -0.25) is 0 Å². The van der Waals surface area contributed by atoms with E-state index in [2.05, 4.69) is 28.3 Å². The van der Waals surface area contributed by atoms with Gasteiger partial charge < -0.3 is 9.42 Å². The molecule has 3 nitrogen and oxygen atoms in total. The normalized spacial score (nSPS) is 15.9. The van der Waals surface area contributed by atoms with Crippen molar-refractivity contribution in [3.05, 3.63) is 41.2 Å². The average molecular weight is 291 g/mol. The Morgan fingerprint density at radius 2 is 2.00 bits per heavy atom. The lowest BCUT2D eigenvalue weighted by molar-refractivity contribution is 0.305. The molecule has 0 saturated carbocycles. The van der Waals surface area contributed by atoms with Gasteiger partial charge in [-0.2, -0.15) is 0 Å². The second-order valence-electron chi connectivity index (χ2n) is 5.34. The highest BCUT2D eigenvalue weighted by Crippen LogP contribution is 2.24. The van der Waals surface area contributed by atoms with Gasteiger partial charge in [0.1, 0.15) is 11.5 Å². The predicted octanol–water partition coefficient (Wildman–Crippen LogP) is 3.29. The number of hydrogen-bond donors (Lipinski definition) is 0. The number of aryl methyl sites for hydroxylation is 1. The lowest BCUT2D eigenvalue weighted by Gasteiger charge is -2.17. The van der Waals surface area contributed by atoms with E-state index in [0.717, 1.165) is 49.5 Å². The van der Waals surface area contributed by atoms with Crippen molar-refractivity contribution in [2.75, 3.05) is 25.5 Å². The summed E-state index contributed by atoms with van der Waals surface area (Å²) >= 11 is 5.85. The van der Waals surface area contributed by atoms with Crippen molar-refractivity contribution in [1.29, 1.82) is 0 Å². The standard InChI is InChI=1S/C16H19ClN2O/c1-12-10-16(18-20-12)15-3-2-13-4-7-19(9-6-17)8-5-14(13)11-15/h2-3,10-11H,4-9H2,1H3. The number of hydrogen-bond acceptors (Lipinski definition) is 3. The van der Waals surface area contributed by atoms with Gasteiger partial charge in [0.2, 0.25) is 0 Å². The van der Waals surface area contributed by atoms with E-state index in [0.29, 0.717) is 5.88 Å². The van der Waals surface area contributed by atoms with Gasteiger partial charge in [-0.1, -0.05) is 17.3 Å². The first-order chi connectivity index (χ1) is 9.76. The molecule has 2 aromatic rings. The summed E-state index contributed by atoms with van der Waals surface area (Å²) in [4.78, 5) is 2.44. The molecule has 1 aliphatic heterocycles. The highest BCUT2D eigenvalue weighted by Gasteiger charge is 2.15. The number of aromatic nitrogens is 1. The van der Waals surface area contributed by atoms with Crippen molar-refractivity contribution in [3.63, 3.8) is 0 Å². The Balaban J connectivity index is 1.83. The van der Waals surface area contributed by atoms with E-state index in [9.17, 15) is 0 Å². The van der Waals surface area contributed by atoms with E-state index in [1.54, 1.807) is 0 Å². The van der Waals surface area contributed by atoms with Crippen molar-refractivity contribution >= 4 is 11.6 Å². The van der Waals surface area contributed by atoms with Gasteiger partial charge in [-0.05, 0) is 37.0 Å². The Bertz CT molecular complexity index is 594. The van der Waals surface area contributed by atoms with Gasteiger partial charge >= 0.3 is 0 Å². The Morgan fingerprint density at radius 3 is 2.70 bits per heavy atom. The number of halogens is 1. The molecule has 3 rings (SSSR count). The molecule has 20 heavy (non-hydrogen) atoms. The van der Waals surface area contributed by atoms with Gasteiger partial charge in [-0.25, -0.2) is 0 Å². The molecule has 0 unspecified atom stereocenters. The molecule has 1 aromatic carbocycles. The van der Waals surface area contributed by atoms with Gasteiger partial charge in [-0.15, -0.1) is 11.6 Å². The monoisotopic (exact) mass is 290 g/mol. The van der Waals surface area contributed by atoms with Crippen LogP contribution < -0.4 is 0 Å². The summed E-state index contributed by atoms with van der Waals surface area (Å²) < 4.78 is 5.16. The molecule has 0 radical (unpaired) electrons. The minimum Gasteiger partial charge on any atom is -0.361 e. The van der Waals surface area contributed by atoms with Gasteiger partial charge in [0, 0.05) is 37.1 Å². The molecule has 0 amide bonds. The fraction of sp³-hybridized carbons (Fsp3) is 0.438. The first-order valence-corrected chi connectivity index (χ1v) is 7.63. The third kappa shape index (κ3) is 2.89. The number of fused-ring (bicyclic) bond motifs is 1. The Kier molecular flexibility index (Phi) is 4.08. The van der Waals surface area contributed by atoms with Crippen LogP contribution in [0.4, 0.5) is 0 Å². The molecular weight excluding hydrogens is 272 g/mol. The second kappa shape index (κ2) is 5.98. The highest BCUT2D eigenvalue weighted by molar-refractivity contribution is 6.18. The third-order valence-corrected chi connectivity index (χ3v) is 4.09. The van der Waals surface area contributed by atoms with E-state index in [1.165, 1.54) is 11.1 Å². The fourth-order valence-electron chi connectivity index (χ4n) is 2.78. The van der Waals surface area contributed by atoms with E-state index in [4.69, 9.17) is 16.1 Å². The molecule has 0 spiro atoms. The summed E-state index contributed by atoms with van der Waals surface area (Å²) in [6, 6.07) is 8.63. The van der Waals surface area contributed by atoms with Crippen LogP contribution in [0.5, 0.6) is 0 Å². The van der Waals surface area contributed by atoms with Gasteiger partial charge in [0.15, 0.2) is 0 Å². The molecule has 1 aliphatic rings. The van der Waals surface area contributed by atoms with E-state index in [-0.39, 0.29) is 0 Å². The summed E-state index contributed by atoms with van der Waals surface area (Å²) in [5, 5.41) is 4.10. The maximum Gasteiger partial charge on any atom is 0.134 e. The Hall–Kier alpha value is -1.32.